The molecule has 0 aliphatic heterocycles. The zero-order chi connectivity index (χ0) is 24.4. The quantitative estimate of drug-likeness (QED) is 0.569. The molecule has 4 saturated carbocycles. The van der Waals surface area contributed by atoms with E-state index in [1.165, 1.54) is 19.3 Å². The maximum absolute atomic E-state index is 11.9. The number of aromatic amines is 1. The number of rotatable bonds is 5. The summed E-state index contributed by atoms with van der Waals surface area (Å²) >= 11 is 0. The molecule has 3 N–H and O–H groups in total. The van der Waals surface area contributed by atoms with E-state index in [0.717, 1.165) is 38.5 Å². The Kier molecular flexibility index (Phi) is 6.32. The Morgan fingerprint density at radius 3 is 2.62 bits per heavy atom. The summed E-state index contributed by atoms with van der Waals surface area (Å²) in [6, 6.07) is 0. The van der Waals surface area contributed by atoms with Crippen molar-refractivity contribution in [3.63, 3.8) is 0 Å². The molecular weight excluding hydrogens is 428 g/mol. The topological polar surface area (TPSA) is 99.4 Å². The summed E-state index contributed by atoms with van der Waals surface area (Å²) in [6.45, 7) is 12.1. The third kappa shape index (κ3) is 3.65. The van der Waals surface area contributed by atoms with Gasteiger partial charge in [-0.25, -0.2) is 4.79 Å². The van der Waals surface area contributed by atoms with Gasteiger partial charge in [-0.15, -0.1) is 0 Å². The summed E-state index contributed by atoms with van der Waals surface area (Å²) in [5, 5.41) is 26.3. The molecule has 0 spiro atoms. The number of aromatic nitrogens is 2. The third-order valence-electron chi connectivity index (χ3n) is 11.7. The molecule has 0 amide bonds. The maximum atomic E-state index is 11.9. The van der Waals surface area contributed by atoms with Crippen molar-refractivity contribution < 1.29 is 14.7 Å². The van der Waals surface area contributed by atoms with Crippen LogP contribution in [0.15, 0.2) is 9.32 Å². The summed E-state index contributed by atoms with van der Waals surface area (Å²) in [4.78, 5) is 14.0. The van der Waals surface area contributed by atoms with Crippen LogP contribution >= 0.6 is 0 Å². The largest absolute Gasteiger partial charge is 0.438 e. The lowest BCUT2D eigenvalue weighted by Crippen LogP contribution is -2.64. The molecule has 4 aliphatic rings. The van der Waals surface area contributed by atoms with E-state index in [-0.39, 0.29) is 23.0 Å². The van der Waals surface area contributed by atoms with Crippen LogP contribution in [-0.4, -0.2) is 32.6 Å². The number of fused-ring (bicyclic) bond motifs is 5. The second kappa shape index (κ2) is 8.76. The summed E-state index contributed by atoms with van der Waals surface area (Å²) < 4.78 is 4.69. The zero-order valence-corrected chi connectivity index (χ0v) is 21.8. The average molecular weight is 475 g/mol. The minimum absolute atomic E-state index is 0.198. The number of aliphatic hydroxyl groups excluding tert-OH is 2. The van der Waals surface area contributed by atoms with Crippen LogP contribution in [0.4, 0.5) is 0 Å². The molecule has 12 atom stereocenters. The molecule has 1 heterocycles. The van der Waals surface area contributed by atoms with Gasteiger partial charge >= 0.3 is 5.76 Å². The van der Waals surface area contributed by atoms with Crippen LogP contribution in [0.25, 0.3) is 0 Å². The van der Waals surface area contributed by atoms with Crippen LogP contribution in [0.1, 0.15) is 91.8 Å². The Hall–Kier alpha value is -1.14. The molecule has 5 rings (SSSR count). The predicted molar refractivity (Wildman–Crippen MR) is 131 cm³/mol. The van der Waals surface area contributed by atoms with Crippen LogP contribution in [0.3, 0.4) is 0 Å². The van der Waals surface area contributed by atoms with Crippen molar-refractivity contribution in [2.24, 2.45) is 58.2 Å². The number of aryl methyl sites for hydroxylation is 1. The normalized spacial score (nSPS) is 49.2. The fourth-order valence-corrected chi connectivity index (χ4v) is 10.6. The molecule has 1 aromatic rings. The molecule has 1 aromatic heterocycles. The summed E-state index contributed by atoms with van der Waals surface area (Å²) in [5.41, 5.74) is 0.473. The monoisotopic (exact) mass is 474 g/mol. The highest BCUT2D eigenvalue weighted by Gasteiger charge is 2.66. The van der Waals surface area contributed by atoms with Gasteiger partial charge in [0.15, 0.2) is 5.82 Å². The fourth-order valence-electron chi connectivity index (χ4n) is 10.6. The smallest absolute Gasteiger partial charge is 0.393 e. The molecule has 6 nitrogen and oxygen atoms in total. The number of nitrogens with zero attached hydrogens (tertiary/aromatic N) is 1. The molecular formula is C28H46N2O4. The van der Waals surface area contributed by atoms with Gasteiger partial charge in [0.05, 0.1) is 12.2 Å². The fraction of sp³-hybridized carbons (Fsp3) is 0.929. The van der Waals surface area contributed by atoms with Gasteiger partial charge in [0.25, 0.3) is 0 Å². The maximum Gasteiger partial charge on any atom is 0.438 e. The SMILES string of the molecule is CC[C@H]1C(O)C2C3CC[C@H]([C@H](C)CCc4noc(=O)[nH]4)[C@@]3(C)CC(C)C2[C@@]2(C)CC[C@@H](O)C[C@@H]12. The minimum atomic E-state index is -0.471. The number of hydrogen-bond acceptors (Lipinski definition) is 5. The number of hydrogen-bond donors (Lipinski definition) is 3. The van der Waals surface area contributed by atoms with Crippen molar-refractivity contribution in [3.05, 3.63) is 16.4 Å². The third-order valence-corrected chi connectivity index (χ3v) is 11.7. The first kappa shape index (κ1) is 24.5. The first-order valence-electron chi connectivity index (χ1n) is 14.0. The zero-order valence-electron chi connectivity index (χ0n) is 21.8. The van der Waals surface area contributed by atoms with Crippen LogP contribution in [0.2, 0.25) is 0 Å². The van der Waals surface area contributed by atoms with Gasteiger partial charge in [-0.3, -0.25) is 9.51 Å². The Balaban J connectivity index is 1.41. The van der Waals surface area contributed by atoms with Gasteiger partial charge in [-0.05, 0) is 103 Å². The van der Waals surface area contributed by atoms with E-state index in [4.69, 9.17) is 0 Å². The van der Waals surface area contributed by atoms with E-state index < -0.39 is 5.76 Å². The number of aliphatic hydroxyl groups is 2. The van der Waals surface area contributed by atoms with Gasteiger partial charge in [-0.2, -0.15) is 0 Å². The molecule has 0 saturated heterocycles. The van der Waals surface area contributed by atoms with Crippen LogP contribution in [0.5, 0.6) is 0 Å². The van der Waals surface area contributed by atoms with Crippen molar-refractivity contribution in [1.82, 2.24) is 10.1 Å². The lowest BCUT2D eigenvalue weighted by molar-refractivity contribution is -0.219. The average Bonchev–Trinajstić information content (AvgIpc) is 3.35. The molecule has 4 aliphatic carbocycles. The molecule has 192 valence electrons. The van der Waals surface area contributed by atoms with E-state index in [1.807, 2.05) is 0 Å². The lowest BCUT2D eigenvalue weighted by atomic mass is 9.39. The van der Waals surface area contributed by atoms with Gasteiger partial charge in [0.2, 0.25) is 0 Å². The van der Waals surface area contributed by atoms with Gasteiger partial charge in [0, 0.05) is 6.42 Å². The van der Waals surface area contributed by atoms with Crippen LogP contribution < -0.4 is 5.76 Å². The molecule has 5 unspecified atom stereocenters. The lowest BCUT2D eigenvalue weighted by Gasteiger charge is -2.66. The highest BCUT2D eigenvalue weighted by atomic mass is 16.5. The molecule has 6 heteroatoms. The standard InChI is InChI=1S/C28H46N2O4/c1-6-18-21-13-17(31)11-12-27(21,4)24-16(3)14-28(5)19(8-9-20(28)23(24)25(18)32)15(2)7-10-22-29-26(33)34-30-22/h15-21,23-25,31-32H,6-14H2,1-5H3,(H,29,30,33)/t15-,16?,17-,18-,19-,20?,21+,23?,24?,25?,27+,28-/m1/s1. The van der Waals surface area contributed by atoms with E-state index in [1.54, 1.807) is 0 Å². The summed E-state index contributed by atoms with van der Waals surface area (Å²) in [7, 11) is 0. The van der Waals surface area contributed by atoms with Crippen molar-refractivity contribution >= 4 is 0 Å². The summed E-state index contributed by atoms with van der Waals surface area (Å²) in [6.07, 6.45) is 8.88. The Labute approximate surface area is 204 Å². The predicted octanol–water partition coefficient (Wildman–Crippen LogP) is 4.80. The van der Waals surface area contributed by atoms with Gasteiger partial charge in [-0.1, -0.05) is 46.2 Å². The molecule has 0 aromatic carbocycles. The highest BCUT2D eigenvalue weighted by molar-refractivity contribution is 5.15. The highest BCUT2D eigenvalue weighted by Crippen LogP contribution is 2.70. The number of nitrogens with one attached hydrogen (secondary N) is 1. The summed E-state index contributed by atoms with van der Waals surface area (Å²) in [5.74, 6) is 4.17. The van der Waals surface area contributed by atoms with E-state index in [9.17, 15) is 15.0 Å². The Morgan fingerprint density at radius 1 is 1.18 bits per heavy atom. The van der Waals surface area contributed by atoms with E-state index in [0.29, 0.717) is 53.2 Å². The first-order chi connectivity index (χ1) is 16.1. The minimum Gasteiger partial charge on any atom is -0.393 e. The molecule has 0 bridgehead atoms. The van der Waals surface area contributed by atoms with Crippen molar-refractivity contribution in [2.75, 3.05) is 0 Å². The van der Waals surface area contributed by atoms with E-state index in [2.05, 4.69) is 49.3 Å². The van der Waals surface area contributed by atoms with Crippen molar-refractivity contribution in [2.45, 2.75) is 105 Å². The Morgan fingerprint density at radius 2 is 1.94 bits per heavy atom. The first-order valence-corrected chi connectivity index (χ1v) is 14.0. The van der Waals surface area contributed by atoms with Gasteiger partial charge < -0.3 is 10.2 Å². The van der Waals surface area contributed by atoms with Gasteiger partial charge in [0.1, 0.15) is 0 Å². The van der Waals surface area contributed by atoms with Crippen molar-refractivity contribution in [3.8, 4) is 0 Å². The van der Waals surface area contributed by atoms with Crippen LogP contribution in [0, 0.1) is 58.2 Å². The number of H-pyrrole nitrogens is 1. The van der Waals surface area contributed by atoms with E-state index >= 15 is 0 Å². The van der Waals surface area contributed by atoms with Crippen molar-refractivity contribution in [1.29, 1.82) is 0 Å². The van der Waals surface area contributed by atoms with Crippen LogP contribution in [-0.2, 0) is 6.42 Å². The Bertz CT molecular complexity index is 928. The molecule has 34 heavy (non-hydrogen) atoms. The second-order valence-corrected chi connectivity index (χ2v) is 13.2. The molecule has 0 radical (unpaired) electrons. The molecule has 4 fully saturated rings. The second-order valence-electron chi connectivity index (χ2n) is 13.2.